The van der Waals surface area contributed by atoms with E-state index >= 15 is 0 Å². The van der Waals surface area contributed by atoms with Crippen molar-refractivity contribution in [3.05, 3.63) is 64.8 Å². The fourth-order valence-electron chi connectivity index (χ4n) is 2.23. The van der Waals surface area contributed by atoms with Gasteiger partial charge in [-0.2, -0.15) is 0 Å². The van der Waals surface area contributed by atoms with E-state index in [-0.39, 0.29) is 0 Å². The summed E-state index contributed by atoms with van der Waals surface area (Å²) in [6.45, 7) is 2.13. The Morgan fingerprint density at radius 3 is 2.50 bits per heavy atom. The predicted molar refractivity (Wildman–Crippen MR) is 79.6 cm³/mol. The second-order valence-corrected chi connectivity index (χ2v) is 5.15. The molecule has 0 saturated carbocycles. The van der Waals surface area contributed by atoms with Gasteiger partial charge >= 0.3 is 0 Å². The van der Waals surface area contributed by atoms with Crippen molar-refractivity contribution in [2.75, 3.05) is 0 Å². The first-order valence-corrected chi connectivity index (χ1v) is 6.66. The average Bonchev–Trinajstić information content (AvgIpc) is 2.41. The number of halogens is 1. The van der Waals surface area contributed by atoms with Crippen molar-refractivity contribution in [2.24, 2.45) is 0 Å². The van der Waals surface area contributed by atoms with Gasteiger partial charge in [0.15, 0.2) is 0 Å². The van der Waals surface area contributed by atoms with Crippen LogP contribution in [0.4, 0.5) is 0 Å². The van der Waals surface area contributed by atoms with Crippen molar-refractivity contribution >= 4 is 26.7 Å². The molecule has 2 aromatic carbocycles. The van der Waals surface area contributed by atoms with Gasteiger partial charge in [0, 0.05) is 21.6 Å². The molecule has 0 aliphatic carbocycles. The van der Waals surface area contributed by atoms with E-state index in [4.69, 9.17) is 0 Å². The zero-order valence-electron chi connectivity index (χ0n) is 10.0. The van der Waals surface area contributed by atoms with Crippen LogP contribution in [0.2, 0.25) is 0 Å². The molecule has 0 saturated heterocycles. The van der Waals surface area contributed by atoms with Crippen molar-refractivity contribution in [3.8, 4) is 11.3 Å². The van der Waals surface area contributed by atoms with Crippen molar-refractivity contribution in [1.29, 1.82) is 0 Å². The molecule has 3 aromatic rings. The smallest absolute Gasteiger partial charge is 0.0748 e. The Morgan fingerprint density at radius 1 is 0.944 bits per heavy atom. The quantitative estimate of drug-likeness (QED) is 0.618. The Balaban J connectivity index is 2.31. The number of aryl methyl sites for hydroxylation is 1. The minimum absolute atomic E-state index is 1.04. The molecule has 0 spiro atoms. The van der Waals surface area contributed by atoms with Crippen LogP contribution < -0.4 is 0 Å². The Hall–Kier alpha value is -1.67. The lowest BCUT2D eigenvalue weighted by Gasteiger charge is -2.10. The largest absolute Gasteiger partial charge is 0.255 e. The van der Waals surface area contributed by atoms with Gasteiger partial charge in [0.2, 0.25) is 0 Å². The highest BCUT2D eigenvalue weighted by Gasteiger charge is 2.09. The van der Waals surface area contributed by atoms with Crippen LogP contribution in [0.5, 0.6) is 0 Å². The Morgan fingerprint density at radius 2 is 1.67 bits per heavy atom. The maximum Gasteiger partial charge on any atom is 0.0748 e. The van der Waals surface area contributed by atoms with Crippen LogP contribution in [-0.2, 0) is 0 Å². The monoisotopic (exact) mass is 297 g/mol. The van der Waals surface area contributed by atoms with Crippen LogP contribution in [0.15, 0.2) is 59.2 Å². The zero-order valence-corrected chi connectivity index (χ0v) is 11.6. The molecular formula is C16H12BrN. The molecule has 0 radical (unpaired) electrons. The Kier molecular flexibility index (Phi) is 2.88. The first kappa shape index (κ1) is 11.4. The molecule has 0 N–H and O–H groups in total. The molecule has 1 heterocycles. The van der Waals surface area contributed by atoms with Gasteiger partial charge in [0.1, 0.15) is 0 Å². The summed E-state index contributed by atoms with van der Waals surface area (Å²) in [5.74, 6) is 0. The average molecular weight is 298 g/mol. The summed E-state index contributed by atoms with van der Waals surface area (Å²) in [7, 11) is 0. The molecule has 88 valence electrons. The number of pyridine rings is 1. The van der Waals surface area contributed by atoms with Gasteiger partial charge in [-0.15, -0.1) is 0 Å². The number of hydrogen-bond donors (Lipinski definition) is 0. The van der Waals surface area contributed by atoms with Gasteiger partial charge in [-0.1, -0.05) is 58.4 Å². The van der Waals surface area contributed by atoms with Crippen LogP contribution in [0, 0.1) is 6.92 Å². The van der Waals surface area contributed by atoms with E-state index in [9.17, 15) is 0 Å². The third-order valence-electron chi connectivity index (χ3n) is 3.18. The number of fused-ring (bicyclic) bond motifs is 1. The van der Waals surface area contributed by atoms with Crippen molar-refractivity contribution in [3.63, 3.8) is 0 Å². The molecule has 3 rings (SSSR count). The third-order valence-corrected chi connectivity index (χ3v) is 3.87. The fourth-order valence-corrected chi connectivity index (χ4v) is 2.71. The van der Waals surface area contributed by atoms with E-state index in [1.807, 2.05) is 30.5 Å². The van der Waals surface area contributed by atoms with Gasteiger partial charge in [-0.05, 0) is 23.9 Å². The maximum atomic E-state index is 4.61. The highest BCUT2D eigenvalue weighted by molar-refractivity contribution is 9.10. The highest BCUT2D eigenvalue weighted by atomic mass is 79.9. The lowest BCUT2D eigenvalue weighted by atomic mass is 10.0. The number of rotatable bonds is 1. The molecule has 0 aliphatic rings. The number of hydrogen-bond acceptors (Lipinski definition) is 1. The lowest BCUT2D eigenvalue weighted by Crippen LogP contribution is -1.90. The van der Waals surface area contributed by atoms with E-state index in [1.54, 1.807) is 0 Å². The Bertz CT molecular complexity index is 719. The lowest BCUT2D eigenvalue weighted by molar-refractivity contribution is 1.30. The van der Waals surface area contributed by atoms with Gasteiger partial charge < -0.3 is 0 Å². The summed E-state index contributed by atoms with van der Waals surface area (Å²) < 4.78 is 1.08. The fraction of sp³-hybridized carbons (Fsp3) is 0.0625. The molecule has 0 atom stereocenters. The summed E-state index contributed by atoms with van der Waals surface area (Å²) in [4.78, 5) is 4.61. The zero-order chi connectivity index (χ0) is 12.5. The minimum atomic E-state index is 1.04. The SMILES string of the molecule is Cc1c(-c2ccccc2Br)ncc2ccccc12. The first-order chi connectivity index (χ1) is 8.77. The van der Waals surface area contributed by atoms with Crippen LogP contribution in [0.1, 0.15) is 5.56 Å². The second-order valence-electron chi connectivity index (χ2n) is 4.30. The topological polar surface area (TPSA) is 12.9 Å². The predicted octanol–water partition coefficient (Wildman–Crippen LogP) is 4.97. The van der Waals surface area contributed by atoms with Crippen LogP contribution in [0.3, 0.4) is 0 Å². The van der Waals surface area contributed by atoms with Crippen LogP contribution >= 0.6 is 15.9 Å². The summed E-state index contributed by atoms with van der Waals surface area (Å²) in [6.07, 6.45) is 1.94. The standard InChI is InChI=1S/C16H12BrN/c1-11-13-7-3-2-6-12(13)10-18-16(11)14-8-4-5-9-15(14)17/h2-10H,1H3. The van der Waals surface area contributed by atoms with E-state index in [1.165, 1.54) is 16.3 Å². The third kappa shape index (κ3) is 1.83. The van der Waals surface area contributed by atoms with Gasteiger partial charge in [-0.3, -0.25) is 4.98 Å². The van der Waals surface area contributed by atoms with Crippen molar-refractivity contribution < 1.29 is 0 Å². The number of nitrogens with zero attached hydrogens (tertiary/aromatic N) is 1. The molecule has 0 bridgehead atoms. The summed E-state index contributed by atoms with van der Waals surface area (Å²) in [5, 5.41) is 2.45. The summed E-state index contributed by atoms with van der Waals surface area (Å²) >= 11 is 3.59. The van der Waals surface area contributed by atoms with E-state index in [2.05, 4.69) is 52.1 Å². The molecule has 18 heavy (non-hydrogen) atoms. The minimum Gasteiger partial charge on any atom is -0.255 e. The number of benzene rings is 2. The maximum absolute atomic E-state index is 4.61. The normalized spacial score (nSPS) is 10.8. The molecule has 0 unspecified atom stereocenters. The van der Waals surface area contributed by atoms with Crippen LogP contribution in [-0.4, -0.2) is 4.98 Å². The van der Waals surface area contributed by atoms with E-state index in [0.29, 0.717) is 0 Å². The van der Waals surface area contributed by atoms with E-state index in [0.717, 1.165) is 15.7 Å². The molecule has 1 aromatic heterocycles. The summed E-state index contributed by atoms with van der Waals surface area (Å²) in [6, 6.07) is 16.5. The van der Waals surface area contributed by atoms with E-state index < -0.39 is 0 Å². The van der Waals surface area contributed by atoms with Gasteiger partial charge in [0.25, 0.3) is 0 Å². The van der Waals surface area contributed by atoms with Crippen molar-refractivity contribution in [2.45, 2.75) is 6.92 Å². The molecule has 0 fully saturated rings. The van der Waals surface area contributed by atoms with Gasteiger partial charge in [-0.25, -0.2) is 0 Å². The Labute approximate surface area is 115 Å². The molecule has 0 aliphatic heterocycles. The van der Waals surface area contributed by atoms with Gasteiger partial charge in [0.05, 0.1) is 5.69 Å². The highest BCUT2D eigenvalue weighted by Crippen LogP contribution is 2.31. The molecule has 0 amide bonds. The molecule has 1 nitrogen and oxygen atoms in total. The molecule has 2 heteroatoms. The summed E-state index contributed by atoms with van der Waals surface area (Å²) in [5.41, 5.74) is 3.40. The van der Waals surface area contributed by atoms with Crippen LogP contribution in [0.25, 0.3) is 22.0 Å². The molecular weight excluding hydrogens is 286 g/mol. The second kappa shape index (κ2) is 4.54. The number of aromatic nitrogens is 1. The van der Waals surface area contributed by atoms with Crippen molar-refractivity contribution in [1.82, 2.24) is 4.98 Å². The first-order valence-electron chi connectivity index (χ1n) is 5.86.